The highest BCUT2D eigenvalue weighted by Gasteiger charge is 2.03. The number of aromatic nitrogens is 1. The molecular weight excluding hydrogens is 162 g/mol. The molecule has 1 rings (SSSR count). The first-order chi connectivity index (χ1) is 6.15. The van der Waals surface area contributed by atoms with Gasteiger partial charge in [-0.25, -0.2) is 0 Å². The van der Waals surface area contributed by atoms with E-state index in [9.17, 15) is 0 Å². The molecule has 0 unspecified atom stereocenters. The van der Waals surface area contributed by atoms with Crippen LogP contribution < -0.4 is 10.6 Å². The van der Waals surface area contributed by atoms with Crippen LogP contribution >= 0.6 is 0 Å². The summed E-state index contributed by atoms with van der Waals surface area (Å²) in [6, 6.07) is 3.73. The Hall–Kier alpha value is -1.35. The Labute approximate surface area is 78.9 Å². The van der Waals surface area contributed by atoms with Gasteiger partial charge in [-0.05, 0) is 12.1 Å². The van der Waals surface area contributed by atoms with Crippen LogP contribution in [0, 0.1) is 0 Å². The summed E-state index contributed by atoms with van der Waals surface area (Å²) >= 11 is 0. The van der Waals surface area contributed by atoms with E-state index in [2.05, 4.69) is 11.6 Å². The maximum atomic E-state index is 5.76. The Kier molecular flexibility index (Phi) is 3.03. The molecule has 3 heteroatoms. The number of rotatable bonds is 3. The number of hydrogen-bond donors (Lipinski definition) is 1. The predicted octanol–water partition coefficient (Wildman–Crippen LogP) is 1.33. The lowest BCUT2D eigenvalue weighted by Crippen LogP contribution is -2.12. The lowest BCUT2D eigenvalue weighted by molar-refractivity contribution is 0.862. The van der Waals surface area contributed by atoms with Crippen LogP contribution in [0.4, 0.5) is 5.69 Å². The molecule has 0 radical (unpaired) electrons. The van der Waals surface area contributed by atoms with Gasteiger partial charge in [0.05, 0.1) is 11.7 Å². The Bertz CT molecular complexity index is 294. The van der Waals surface area contributed by atoms with Gasteiger partial charge in [-0.2, -0.15) is 0 Å². The first kappa shape index (κ1) is 9.74. The Morgan fingerprint density at radius 2 is 2.31 bits per heavy atom. The van der Waals surface area contributed by atoms with Crippen molar-refractivity contribution in [1.29, 1.82) is 0 Å². The highest BCUT2D eigenvalue weighted by atomic mass is 15.1. The van der Waals surface area contributed by atoms with E-state index in [4.69, 9.17) is 5.73 Å². The third-order valence-electron chi connectivity index (χ3n) is 1.88. The van der Waals surface area contributed by atoms with Crippen LogP contribution in [-0.4, -0.2) is 19.1 Å². The van der Waals surface area contributed by atoms with Crippen LogP contribution in [0.15, 0.2) is 31.0 Å². The number of nitrogens with two attached hydrogens (primary N) is 1. The molecule has 0 fully saturated rings. The molecule has 70 valence electrons. The predicted molar refractivity (Wildman–Crippen MR) is 55.7 cm³/mol. The second-order valence-electron chi connectivity index (χ2n) is 3.09. The molecule has 0 aliphatic heterocycles. The van der Waals surface area contributed by atoms with Gasteiger partial charge in [-0.1, -0.05) is 6.08 Å². The maximum absolute atomic E-state index is 5.76. The van der Waals surface area contributed by atoms with Crippen molar-refractivity contribution in [2.75, 3.05) is 19.0 Å². The monoisotopic (exact) mass is 177 g/mol. The Morgan fingerprint density at radius 3 is 2.85 bits per heavy atom. The summed E-state index contributed by atoms with van der Waals surface area (Å²) in [5, 5.41) is 0. The van der Waals surface area contributed by atoms with E-state index in [0.717, 1.165) is 11.4 Å². The lowest BCUT2D eigenvalue weighted by atomic mass is 10.2. The number of anilines is 1. The molecule has 0 aliphatic carbocycles. The number of hydrogen-bond acceptors (Lipinski definition) is 3. The van der Waals surface area contributed by atoms with Gasteiger partial charge >= 0.3 is 0 Å². The minimum absolute atomic E-state index is 0.181. The third kappa shape index (κ3) is 2.29. The molecule has 0 saturated heterocycles. The average Bonchev–Trinajstić information content (AvgIpc) is 2.17. The zero-order valence-corrected chi connectivity index (χ0v) is 8.07. The molecule has 0 bridgehead atoms. The molecule has 0 aliphatic rings. The lowest BCUT2D eigenvalue weighted by Gasteiger charge is -2.14. The van der Waals surface area contributed by atoms with E-state index in [1.54, 1.807) is 12.3 Å². The van der Waals surface area contributed by atoms with Crippen molar-refractivity contribution in [1.82, 2.24) is 4.98 Å². The van der Waals surface area contributed by atoms with Crippen LogP contribution in [0.2, 0.25) is 0 Å². The van der Waals surface area contributed by atoms with Crippen LogP contribution in [0.5, 0.6) is 0 Å². The molecule has 3 nitrogen and oxygen atoms in total. The number of nitrogens with zero attached hydrogens (tertiary/aromatic N) is 2. The molecule has 1 aromatic heterocycles. The standard InChI is InChI=1S/C10H15N3/c1-4-9(11)10-7-8(13(2)3)5-6-12-10/h4-7,9H,1,11H2,2-3H3/t9-/m1/s1. The van der Waals surface area contributed by atoms with Crippen LogP contribution in [-0.2, 0) is 0 Å². The minimum Gasteiger partial charge on any atom is -0.378 e. The Balaban J connectivity index is 2.97. The summed E-state index contributed by atoms with van der Waals surface area (Å²) in [6.45, 7) is 3.63. The topological polar surface area (TPSA) is 42.1 Å². The first-order valence-electron chi connectivity index (χ1n) is 4.16. The summed E-state index contributed by atoms with van der Waals surface area (Å²) in [6.07, 6.45) is 3.44. The van der Waals surface area contributed by atoms with Crippen LogP contribution in [0.25, 0.3) is 0 Å². The fraction of sp³-hybridized carbons (Fsp3) is 0.300. The van der Waals surface area contributed by atoms with Crippen LogP contribution in [0.1, 0.15) is 11.7 Å². The third-order valence-corrected chi connectivity index (χ3v) is 1.88. The van der Waals surface area contributed by atoms with E-state index in [-0.39, 0.29) is 6.04 Å². The first-order valence-corrected chi connectivity index (χ1v) is 4.16. The van der Waals surface area contributed by atoms with Crippen molar-refractivity contribution in [2.45, 2.75) is 6.04 Å². The molecule has 1 heterocycles. The largest absolute Gasteiger partial charge is 0.378 e. The zero-order valence-electron chi connectivity index (χ0n) is 8.07. The molecule has 0 saturated carbocycles. The van der Waals surface area contributed by atoms with Gasteiger partial charge in [0.15, 0.2) is 0 Å². The van der Waals surface area contributed by atoms with Gasteiger partial charge in [-0.15, -0.1) is 6.58 Å². The van der Waals surface area contributed by atoms with Gasteiger partial charge in [0, 0.05) is 26.0 Å². The van der Waals surface area contributed by atoms with E-state index < -0.39 is 0 Å². The molecule has 13 heavy (non-hydrogen) atoms. The summed E-state index contributed by atoms with van der Waals surface area (Å²) < 4.78 is 0. The fourth-order valence-electron chi connectivity index (χ4n) is 1.02. The summed E-state index contributed by atoms with van der Waals surface area (Å²) in [7, 11) is 3.97. The summed E-state index contributed by atoms with van der Waals surface area (Å²) in [4.78, 5) is 6.18. The van der Waals surface area contributed by atoms with Gasteiger partial charge in [0.2, 0.25) is 0 Å². The SMILES string of the molecule is C=C[C@@H](N)c1cc(N(C)C)ccn1. The highest BCUT2D eigenvalue weighted by Crippen LogP contribution is 2.15. The Morgan fingerprint density at radius 1 is 1.62 bits per heavy atom. The van der Waals surface area contributed by atoms with Crippen molar-refractivity contribution in [3.05, 3.63) is 36.7 Å². The summed E-state index contributed by atoms with van der Waals surface area (Å²) in [5.74, 6) is 0. The smallest absolute Gasteiger partial charge is 0.0654 e. The molecular formula is C10H15N3. The average molecular weight is 177 g/mol. The quantitative estimate of drug-likeness (QED) is 0.708. The molecule has 0 amide bonds. The van der Waals surface area contributed by atoms with Crippen molar-refractivity contribution >= 4 is 5.69 Å². The molecule has 2 N–H and O–H groups in total. The van der Waals surface area contributed by atoms with E-state index in [0.29, 0.717) is 0 Å². The molecule has 0 aromatic carbocycles. The van der Waals surface area contributed by atoms with E-state index in [1.807, 2.05) is 31.1 Å². The zero-order chi connectivity index (χ0) is 9.84. The molecule has 1 atom stereocenters. The van der Waals surface area contributed by atoms with E-state index in [1.165, 1.54) is 0 Å². The highest BCUT2D eigenvalue weighted by molar-refractivity contribution is 5.45. The maximum Gasteiger partial charge on any atom is 0.0654 e. The second-order valence-corrected chi connectivity index (χ2v) is 3.09. The molecule has 0 spiro atoms. The summed E-state index contributed by atoms with van der Waals surface area (Å²) in [5.41, 5.74) is 7.71. The van der Waals surface area contributed by atoms with Crippen LogP contribution in [0.3, 0.4) is 0 Å². The van der Waals surface area contributed by atoms with Crippen molar-refractivity contribution < 1.29 is 0 Å². The van der Waals surface area contributed by atoms with Crippen molar-refractivity contribution in [3.63, 3.8) is 0 Å². The second kappa shape index (κ2) is 4.05. The van der Waals surface area contributed by atoms with Gasteiger partial charge in [-0.3, -0.25) is 4.98 Å². The fourth-order valence-corrected chi connectivity index (χ4v) is 1.02. The molecule has 1 aromatic rings. The van der Waals surface area contributed by atoms with E-state index >= 15 is 0 Å². The van der Waals surface area contributed by atoms with Gasteiger partial charge in [0.25, 0.3) is 0 Å². The number of pyridine rings is 1. The van der Waals surface area contributed by atoms with Crippen molar-refractivity contribution in [3.8, 4) is 0 Å². The van der Waals surface area contributed by atoms with Crippen molar-refractivity contribution in [2.24, 2.45) is 5.73 Å². The normalized spacial score (nSPS) is 12.2. The van der Waals surface area contributed by atoms with Gasteiger partial charge in [0.1, 0.15) is 0 Å². The minimum atomic E-state index is -0.181. The van der Waals surface area contributed by atoms with Gasteiger partial charge < -0.3 is 10.6 Å².